The number of rotatable bonds is 8. The molecule has 4 aromatic rings. The van der Waals surface area contributed by atoms with Crippen LogP contribution >= 0.6 is 0 Å². The van der Waals surface area contributed by atoms with E-state index in [2.05, 4.69) is 26.1 Å². The molecule has 1 aliphatic heterocycles. The fraction of sp³-hybridized carbons (Fsp3) is 0.172. The van der Waals surface area contributed by atoms with Crippen LogP contribution in [-0.4, -0.2) is 41.8 Å². The lowest BCUT2D eigenvalue weighted by molar-refractivity contribution is -0.114. The fourth-order valence-corrected chi connectivity index (χ4v) is 3.84. The van der Waals surface area contributed by atoms with Crippen LogP contribution in [0.25, 0.3) is 10.9 Å². The van der Waals surface area contributed by atoms with Crippen molar-refractivity contribution < 1.29 is 32.6 Å². The van der Waals surface area contributed by atoms with Crippen LogP contribution in [-0.2, 0) is 9.59 Å². The molecule has 0 fully saturated rings. The number of benzene rings is 3. The quantitative estimate of drug-likeness (QED) is 0.157. The summed E-state index contributed by atoms with van der Waals surface area (Å²) in [7, 11) is 0. The SMILES string of the molecule is CC(C)N/N=C(\C(=O)Nc1ccc(F)cc1)C(=O)Nc1ccc(Oc2ccnc3cc4c(cc23)OCCO4)c(F)c1. The van der Waals surface area contributed by atoms with Crippen LogP contribution in [0, 0.1) is 11.6 Å². The Hall–Kier alpha value is -5.26. The first-order valence-corrected chi connectivity index (χ1v) is 12.6. The number of pyridine rings is 1. The molecule has 210 valence electrons. The molecule has 1 aromatic heterocycles. The average molecular weight is 562 g/mol. The van der Waals surface area contributed by atoms with Gasteiger partial charge in [-0.15, -0.1) is 0 Å². The van der Waals surface area contributed by atoms with E-state index in [1.165, 1.54) is 30.5 Å². The summed E-state index contributed by atoms with van der Waals surface area (Å²) in [4.78, 5) is 30.1. The molecule has 12 heteroatoms. The minimum absolute atomic E-state index is 0.0610. The Morgan fingerprint density at radius 2 is 1.54 bits per heavy atom. The summed E-state index contributed by atoms with van der Waals surface area (Å²) in [6.45, 7) is 4.38. The number of carbonyl (C=O) groups excluding carboxylic acids is 2. The third-order valence-electron chi connectivity index (χ3n) is 5.74. The highest BCUT2D eigenvalue weighted by Gasteiger charge is 2.23. The van der Waals surface area contributed by atoms with E-state index in [0.29, 0.717) is 41.4 Å². The molecule has 41 heavy (non-hydrogen) atoms. The van der Waals surface area contributed by atoms with Gasteiger partial charge < -0.3 is 30.3 Å². The van der Waals surface area contributed by atoms with Crippen LogP contribution in [0.4, 0.5) is 20.2 Å². The zero-order chi connectivity index (χ0) is 28.9. The molecule has 5 rings (SSSR count). The van der Waals surface area contributed by atoms with Gasteiger partial charge in [0.15, 0.2) is 23.1 Å². The third kappa shape index (κ3) is 6.49. The zero-order valence-electron chi connectivity index (χ0n) is 22.0. The Labute approximate surface area is 233 Å². The van der Waals surface area contributed by atoms with Crippen molar-refractivity contribution in [1.82, 2.24) is 10.4 Å². The first kappa shape index (κ1) is 27.3. The Kier molecular flexibility index (Phi) is 7.90. The molecule has 0 aliphatic carbocycles. The molecule has 3 aromatic carbocycles. The summed E-state index contributed by atoms with van der Waals surface area (Å²) in [5.41, 5.74) is 3.05. The molecule has 0 radical (unpaired) electrons. The average Bonchev–Trinajstić information content (AvgIpc) is 2.95. The molecule has 10 nitrogen and oxygen atoms in total. The second-order valence-electron chi connectivity index (χ2n) is 9.23. The lowest BCUT2D eigenvalue weighted by atomic mass is 10.1. The standard InChI is InChI=1S/C29H25F2N5O5/c1-16(2)35-36-27(28(37)33-18-5-3-17(30)4-6-18)29(38)34-19-7-8-24(21(31)13-19)41-23-9-10-32-22-15-26-25(14-20(22)23)39-11-12-40-26/h3-10,13-16,35H,11-12H2,1-2H3,(H,33,37)(H,34,38)/b36-27+. The first-order valence-electron chi connectivity index (χ1n) is 12.6. The molecular weight excluding hydrogens is 536 g/mol. The van der Waals surface area contributed by atoms with E-state index in [1.807, 2.05) is 0 Å². The summed E-state index contributed by atoms with van der Waals surface area (Å²) in [5.74, 6) is -1.64. The second-order valence-corrected chi connectivity index (χ2v) is 9.23. The van der Waals surface area contributed by atoms with Crippen LogP contribution in [0.5, 0.6) is 23.0 Å². The van der Waals surface area contributed by atoms with Crippen LogP contribution in [0.2, 0.25) is 0 Å². The summed E-state index contributed by atoms with van der Waals surface area (Å²) in [5, 5.41) is 9.47. The van der Waals surface area contributed by atoms with Gasteiger partial charge in [-0.1, -0.05) is 0 Å². The minimum Gasteiger partial charge on any atom is -0.486 e. The highest BCUT2D eigenvalue weighted by atomic mass is 19.1. The van der Waals surface area contributed by atoms with E-state index in [9.17, 15) is 14.0 Å². The van der Waals surface area contributed by atoms with Gasteiger partial charge in [0.25, 0.3) is 11.8 Å². The summed E-state index contributed by atoms with van der Waals surface area (Å²) in [6.07, 6.45) is 1.53. The van der Waals surface area contributed by atoms with Gasteiger partial charge in [-0.2, -0.15) is 5.10 Å². The molecule has 0 atom stereocenters. The monoisotopic (exact) mass is 561 g/mol. The second kappa shape index (κ2) is 11.9. The zero-order valence-corrected chi connectivity index (χ0v) is 22.0. The number of hydrazone groups is 1. The minimum atomic E-state index is -0.891. The number of hydrogen-bond acceptors (Lipinski definition) is 8. The van der Waals surface area contributed by atoms with E-state index >= 15 is 4.39 Å². The number of nitrogens with one attached hydrogen (secondary N) is 3. The maximum Gasteiger partial charge on any atom is 0.281 e. The van der Waals surface area contributed by atoms with E-state index in [1.54, 1.807) is 32.0 Å². The molecule has 0 spiro atoms. The van der Waals surface area contributed by atoms with Crippen molar-refractivity contribution in [1.29, 1.82) is 0 Å². The number of hydrogen-bond donors (Lipinski definition) is 3. The summed E-state index contributed by atoms with van der Waals surface area (Å²) < 4.78 is 45.4. The fourth-order valence-electron chi connectivity index (χ4n) is 3.84. The number of aromatic nitrogens is 1. The Balaban J connectivity index is 1.33. The van der Waals surface area contributed by atoms with Crippen molar-refractivity contribution in [3.8, 4) is 23.0 Å². The van der Waals surface area contributed by atoms with Gasteiger partial charge in [-0.05, 0) is 62.4 Å². The molecular formula is C29H25F2N5O5. The number of ether oxygens (including phenoxy) is 3. The van der Waals surface area contributed by atoms with Gasteiger partial charge in [0.1, 0.15) is 24.8 Å². The number of fused-ring (bicyclic) bond motifs is 2. The van der Waals surface area contributed by atoms with Crippen molar-refractivity contribution in [2.45, 2.75) is 19.9 Å². The summed E-state index contributed by atoms with van der Waals surface area (Å²) >= 11 is 0. The largest absolute Gasteiger partial charge is 0.486 e. The van der Waals surface area contributed by atoms with Crippen LogP contribution in [0.3, 0.4) is 0 Å². The normalized spacial score (nSPS) is 12.7. The smallest absolute Gasteiger partial charge is 0.281 e. The third-order valence-corrected chi connectivity index (χ3v) is 5.74. The maximum absolute atomic E-state index is 15.1. The predicted octanol–water partition coefficient (Wildman–Crippen LogP) is 5.01. The summed E-state index contributed by atoms with van der Waals surface area (Å²) in [6, 6.07) is 13.7. The van der Waals surface area contributed by atoms with Gasteiger partial charge in [-0.25, -0.2) is 8.78 Å². The van der Waals surface area contributed by atoms with Gasteiger partial charge in [0.2, 0.25) is 5.71 Å². The molecule has 2 amide bonds. The van der Waals surface area contributed by atoms with Crippen molar-refractivity contribution in [3.63, 3.8) is 0 Å². The molecule has 3 N–H and O–H groups in total. The number of amides is 2. The highest BCUT2D eigenvalue weighted by Crippen LogP contribution is 2.39. The van der Waals surface area contributed by atoms with E-state index in [0.717, 1.165) is 18.2 Å². The molecule has 0 bridgehead atoms. The van der Waals surface area contributed by atoms with Gasteiger partial charge in [0.05, 0.1) is 5.52 Å². The van der Waals surface area contributed by atoms with Crippen molar-refractivity contribution >= 4 is 39.8 Å². The Morgan fingerprint density at radius 1 is 0.878 bits per heavy atom. The van der Waals surface area contributed by atoms with Gasteiger partial charge in [-0.3, -0.25) is 14.6 Å². The Bertz CT molecular complexity index is 1640. The number of halogens is 2. The number of anilines is 2. The van der Waals surface area contributed by atoms with Crippen molar-refractivity contribution in [3.05, 3.63) is 78.5 Å². The van der Waals surface area contributed by atoms with Crippen LogP contribution in [0.1, 0.15) is 13.8 Å². The molecule has 0 unspecified atom stereocenters. The Morgan fingerprint density at radius 3 is 2.22 bits per heavy atom. The first-order chi connectivity index (χ1) is 19.8. The molecule has 0 saturated heterocycles. The molecule has 0 saturated carbocycles. The van der Waals surface area contributed by atoms with Gasteiger partial charge >= 0.3 is 0 Å². The van der Waals surface area contributed by atoms with Crippen molar-refractivity contribution in [2.75, 3.05) is 23.8 Å². The number of nitrogens with zero attached hydrogens (tertiary/aromatic N) is 2. The molecule has 2 heterocycles. The van der Waals surface area contributed by atoms with E-state index < -0.39 is 29.2 Å². The topological polar surface area (TPSA) is 123 Å². The van der Waals surface area contributed by atoms with E-state index in [4.69, 9.17) is 14.2 Å². The van der Waals surface area contributed by atoms with E-state index in [-0.39, 0.29) is 23.2 Å². The van der Waals surface area contributed by atoms with Crippen LogP contribution in [0.15, 0.2) is 72.0 Å². The predicted molar refractivity (Wildman–Crippen MR) is 149 cm³/mol. The van der Waals surface area contributed by atoms with Crippen molar-refractivity contribution in [2.24, 2.45) is 5.10 Å². The maximum atomic E-state index is 15.1. The molecule has 1 aliphatic rings. The lowest BCUT2D eigenvalue weighted by Gasteiger charge is -2.19. The van der Waals surface area contributed by atoms with Gasteiger partial charge in [0, 0.05) is 41.1 Å². The van der Waals surface area contributed by atoms with Crippen LogP contribution < -0.4 is 30.3 Å². The lowest BCUT2D eigenvalue weighted by Crippen LogP contribution is -2.36. The number of carbonyl (C=O) groups is 2. The highest BCUT2D eigenvalue weighted by molar-refractivity contribution is 6.69.